The normalized spacial score (nSPS) is 10.3. The molecule has 0 atom stereocenters. The van der Waals surface area contributed by atoms with Crippen LogP contribution in [0.25, 0.3) is 10.9 Å². The first-order chi connectivity index (χ1) is 8.66. The molecule has 0 saturated carbocycles. The average Bonchev–Trinajstić information content (AvgIpc) is 2.34. The number of rotatable bonds is 4. The van der Waals surface area contributed by atoms with Crippen molar-refractivity contribution in [1.82, 2.24) is 15.3 Å². The van der Waals surface area contributed by atoms with Gasteiger partial charge in [0, 0.05) is 25.4 Å². The molecule has 1 heterocycles. The monoisotopic (exact) mass is 244 g/mol. The quantitative estimate of drug-likeness (QED) is 0.800. The van der Waals surface area contributed by atoms with Crippen molar-refractivity contribution in [2.75, 3.05) is 18.4 Å². The molecule has 2 aromatic rings. The highest BCUT2D eigenvalue weighted by Gasteiger charge is 2.03. The molecule has 2 N–H and O–H groups in total. The minimum Gasteiger partial charge on any atom is -0.368 e. The number of fused-ring (bicyclic) bond motifs is 1. The molecule has 0 aliphatic rings. The Morgan fingerprint density at radius 2 is 2.11 bits per heavy atom. The number of amides is 1. The first-order valence-corrected chi connectivity index (χ1v) is 5.86. The standard InChI is InChI=1S/C13H16N4O/c1-9-3-4-12-11(7-9)13(17-8-16-12)15-6-5-14-10(2)18/h3-4,7-8H,5-6H2,1-2H3,(H,14,18)(H,15,16,17). The number of hydrogen-bond acceptors (Lipinski definition) is 4. The third kappa shape index (κ3) is 2.94. The smallest absolute Gasteiger partial charge is 0.216 e. The zero-order valence-electron chi connectivity index (χ0n) is 10.5. The zero-order valence-corrected chi connectivity index (χ0v) is 10.5. The molecule has 1 aromatic carbocycles. The predicted octanol–water partition coefficient (Wildman–Crippen LogP) is 1.49. The number of aryl methyl sites for hydroxylation is 1. The molecule has 0 saturated heterocycles. The van der Waals surface area contributed by atoms with Crippen molar-refractivity contribution in [3.8, 4) is 0 Å². The lowest BCUT2D eigenvalue weighted by Gasteiger charge is -2.08. The van der Waals surface area contributed by atoms with Crippen LogP contribution < -0.4 is 10.6 Å². The van der Waals surface area contributed by atoms with Crippen molar-refractivity contribution in [2.45, 2.75) is 13.8 Å². The van der Waals surface area contributed by atoms with E-state index in [1.54, 1.807) is 6.33 Å². The predicted molar refractivity (Wildman–Crippen MR) is 71.4 cm³/mol. The van der Waals surface area contributed by atoms with E-state index in [1.165, 1.54) is 12.5 Å². The van der Waals surface area contributed by atoms with Crippen LogP contribution in [0.3, 0.4) is 0 Å². The van der Waals surface area contributed by atoms with Crippen molar-refractivity contribution in [1.29, 1.82) is 0 Å². The van der Waals surface area contributed by atoms with Gasteiger partial charge in [-0.2, -0.15) is 0 Å². The summed E-state index contributed by atoms with van der Waals surface area (Å²) in [7, 11) is 0. The number of carbonyl (C=O) groups excluding carboxylic acids is 1. The number of anilines is 1. The summed E-state index contributed by atoms with van der Waals surface area (Å²) in [4.78, 5) is 19.2. The summed E-state index contributed by atoms with van der Waals surface area (Å²) in [6.07, 6.45) is 1.54. The topological polar surface area (TPSA) is 66.9 Å². The fourth-order valence-electron chi connectivity index (χ4n) is 1.73. The van der Waals surface area contributed by atoms with Crippen molar-refractivity contribution in [2.24, 2.45) is 0 Å². The van der Waals surface area contributed by atoms with Crippen LogP contribution in [0.4, 0.5) is 5.82 Å². The Bertz CT molecular complexity index is 568. The maximum Gasteiger partial charge on any atom is 0.216 e. The molecule has 0 radical (unpaired) electrons. The van der Waals surface area contributed by atoms with Gasteiger partial charge in [-0.3, -0.25) is 4.79 Å². The fraction of sp³-hybridized carbons (Fsp3) is 0.308. The van der Waals surface area contributed by atoms with Gasteiger partial charge in [0.15, 0.2) is 0 Å². The Morgan fingerprint density at radius 3 is 2.89 bits per heavy atom. The molecule has 0 spiro atoms. The van der Waals surface area contributed by atoms with Crippen molar-refractivity contribution >= 4 is 22.6 Å². The van der Waals surface area contributed by atoms with Crippen LogP contribution in [0.1, 0.15) is 12.5 Å². The number of benzene rings is 1. The third-order valence-electron chi connectivity index (χ3n) is 2.58. The summed E-state index contributed by atoms with van der Waals surface area (Å²) < 4.78 is 0. The zero-order chi connectivity index (χ0) is 13.0. The Hall–Kier alpha value is -2.17. The van der Waals surface area contributed by atoms with E-state index in [2.05, 4.69) is 26.7 Å². The molecule has 0 unspecified atom stereocenters. The van der Waals surface area contributed by atoms with E-state index in [0.717, 1.165) is 16.7 Å². The van der Waals surface area contributed by atoms with Crippen LogP contribution in [0.2, 0.25) is 0 Å². The second-order valence-electron chi connectivity index (χ2n) is 4.15. The average molecular weight is 244 g/mol. The first kappa shape index (κ1) is 12.3. The molecule has 5 nitrogen and oxygen atoms in total. The van der Waals surface area contributed by atoms with Crippen LogP contribution in [0.15, 0.2) is 24.5 Å². The van der Waals surface area contributed by atoms with Gasteiger partial charge in [-0.05, 0) is 19.1 Å². The minimum absolute atomic E-state index is 0.0276. The molecule has 0 aliphatic heterocycles. The van der Waals surface area contributed by atoms with Gasteiger partial charge in [-0.25, -0.2) is 9.97 Å². The van der Waals surface area contributed by atoms with Crippen LogP contribution in [0.5, 0.6) is 0 Å². The fourth-order valence-corrected chi connectivity index (χ4v) is 1.73. The number of aromatic nitrogens is 2. The van der Waals surface area contributed by atoms with E-state index >= 15 is 0 Å². The highest BCUT2D eigenvalue weighted by Crippen LogP contribution is 2.19. The van der Waals surface area contributed by atoms with Crippen LogP contribution in [-0.4, -0.2) is 29.0 Å². The molecular weight excluding hydrogens is 228 g/mol. The van der Waals surface area contributed by atoms with Crippen molar-refractivity contribution in [3.63, 3.8) is 0 Å². The number of nitrogens with one attached hydrogen (secondary N) is 2. The van der Waals surface area contributed by atoms with Gasteiger partial charge in [0.05, 0.1) is 5.52 Å². The van der Waals surface area contributed by atoms with Crippen LogP contribution in [-0.2, 0) is 4.79 Å². The Balaban J connectivity index is 2.12. The number of carbonyl (C=O) groups is 1. The maximum absolute atomic E-state index is 10.7. The van der Waals surface area contributed by atoms with E-state index in [4.69, 9.17) is 0 Å². The van der Waals surface area contributed by atoms with Gasteiger partial charge in [-0.1, -0.05) is 11.6 Å². The van der Waals surface area contributed by atoms with Crippen LogP contribution >= 0.6 is 0 Å². The molecule has 94 valence electrons. The second-order valence-corrected chi connectivity index (χ2v) is 4.15. The lowest BCUT2D eigenvalue weighted by atomic mass is 10.1. The summed E-state index contributed by atoms with van der Waals surface area (Å²) in [5, 5.41) is 6.94. The Kier molecular flexibility index (Phi) is 3.72. The molecule has 2 rings (SSSR count). The summed E-state index contributed by atoms with van der Waals surface area (Å²) in [5.74, 6) is 0.772. The highest BCUT2D eigenvalue weighted by molar-refractivity contribution is 5.89. The number of nitrogens with zero attached hydrogens (tertiary/aromatic N) is 2. The third-order valence-corrected chi connectivity index (χ3v) is 2.58. The first-order valence-electron chi connectivity index (χ1n) is 5.86. The number of hydrogen-bond donors (Lipinski definition) is 2. The molecular formula is C13H16N4O. The summed E-state index contributed by atoms with van der Waals surface area (Å²) in [5.41, 5.74) is 2.08. The largest absolute Gasteiger partial charge is 0.368 e. The van der Waals surface area contributed by atoms with Gasteiger partial charge in [0.25, 0.3) is 0 Å². The van der Waals surface area contributed by atoms with Gasteiger partial charge in [0.1, 0.15) is 12.1 Å². The second kappa shape index (κ2) is 5.44. The van der Waals surface area contributed by atoms with Gasteiger partial charge in [-0.15, -0.1) is 0 Å². The Labute approximate surface area is 106 Å². The molecule has 18 heavy (non-hydrogen) atoms. The molecule has 5 heteroatoms. The van der Waals surface area contributed by atoms with E-state index in [9.17, 15) is 4.79 Å². The lowest BCUT2D eigenvalue weighted by Crippen LogP contribution is -2.26. The summed E-state index contributed by atoms with van der Waals surface area (Å²) in [6.45, 7) is 4.75. The summed E-state index contributed by atoms with van der Waals surface area (Å²) >= 11 is 0. The van der Waals surface area contributed by atoms with Crippen molar-refractivity contribution < 1.29 is 4.79 Å². The van der Waals surface area contributed by atoms with E-state index in [-0.39, 0.29) is 5.91 Å². The maximum atomic E-state index is 10.7. The van der Waals surface area contributed by atoms with E-state index in [1.807, 2.05) is 19.1 Å². The molecule has 0 aliphatic carbocycles. The van der Waals surface area contributed by atoms with E-state index in [0.29, 0.717) is 13.1 Å². The van der Waals surface area contributed by atoms with Crippen molar-refractivity contribution in [3.05, 3.63) is 30.1 Å². The Morgan fingerprint density at radius 1 is 1.28 bits per heavy atom. The summed E-state index contributed by atoms with van der Waals surface area (Å²) in [6, 6.07) is 6.05. The van der Waals surface area contributed by atoms with Gasteiger partial charge >= 0.3 is 0 Å². The van der Waals surface area contributed by atoms with Gasteiger partial charge in [0.2, 0.25) is 5.91 Å². The molecule has 0 fully saturated rings. The highest BCUT2D eigenvalue weighted by atomic mass is 16.1. The molecule has 1 aromatic heterocycles. The van der Waals surface area contributed by atoms with Gasteiger partial charge < -0.3 is 10.6 Å². The molecule has 0 bridgehead atoms. The van der Waals surface area contributed by atoms with Crippen LogP contribution in [0, 0.1) is 6.92 Å². The molecule has 1 amide bonds. The lowest BCUT2D eigenvalue weighted by molar-refractivity contribution is -0.118. The minimum atomic E-state index is -0.0276. The SMILES string of the molecule is CC(=O)NCCNc1ncnc2ccc(C)cc12. The van der Waals surface area contributed by atoms with E-state index < -0.39 is 0 Å².